The standard InChI is InChI=1S/C29H31N3O4S/c1-19-26(28(34)36-16-15-35-2)27(21-10-4-3-5-11-21)32-22(18-37-29(32)30-19)17-25(33)31-24-14-8-12-20-9-6-7-13-23(20)24/h3-7,9-11,13,18,24,27H,8,12,14-17H2,1-2H3,(H,31,33). The zero-order valence-electron chi connectivity index (χ0n) is 21.1. The van der Waals surface area contributed by atoms with Crippen molar-refractivity contribution in [1.29, 1.82) is 0 Å². The van der Waals surface area contributed by atoms with Crippen molar-refractivity contribution in [1.82, 2.24) is 10.2 Å². The van der Waals surface area contributed by atoms with Crippen molar-refractivity contribution < 1.29 is 19.1 Å². The van der Waals surface area contributed by atoms with Crippen molar-refractivity contribution in [2.45, 2.75) is 44.7 Å². The number of fused-ring (bicyclic) bond motifs is 2. The van der Waals surface area contributed by atoms with E-state index in [1.54, 1.807) is 7.11 Å². The molecule has 0 aromatic heterocycles. The highest BCUT2D eigenvalue weighted by Crippen LogP contribution is 2.45. The Labute approximate surface area is 221 Å². The summed E-state index contributed by atoms with van der Waals surface area (Å²) in [4.78, 5) is 33.3. The Hall–Kier alpha value is -3.36. The van der Waals surface area contributed by atoms with Crippen molar-refractivity contribution in [2.24, 2.45) is 4.99 Å². The number of rotatable bonds is 8. The molecule has 1 N–H and O–H groups in total. The van der Waals surface area contributed by atoms with Crippen LogP contribution in [0.4, 0.5) is 0 Å². The smallest absolute Gasteiger partial charge is 0.338 e. The highest BCUT2D eigenvalue weighted by molar-refractivity contribution is 8.16. The van der Waals surface area contributed by atoms with E-state index < -0.39 is 12.0 Å². The van der Waals surface area contributed by atoms with Crippen LogP contribution in [-0.4, -0.2) is 42.3 Å². The van der Waals surface area contributed by atoms with Crippen molar-refractivity contribution >= 4 is 28.8 Å². The van der Waals surface area contributed by atoms with Crippen LogP contribution in [0, 0.1) is 0 Å². The molecule has 8 heteroatoms. The monoisotopic (exact) mass is 517 g/mol. The molecule has 7 nitrogen and oxygen atoms in total. The van der Waals surface area contributed by atoms with Gasteiger partial charge >= 0.3 is 5.97 Å². The molecule has 37 heavy (non-hydrogen) atoms. The lowest BCUT2D eigenvalue weighted by atomic mass is 9.87. The summed E-state index contributed by atoms with van der Waals surface area (Å²) >= 11 is 1.48. The van der Waals surface area contributed by atoms with Gasteiger partial charge in [-0.15, -0.1) is 0 Å². The van der Waals surface area contributed by atoms with Gasteiger partial charge in [0.15, 0.2) is 5.17 Å². The van der Waals surface area contributed by atoms with Crippen molar-refractivity contribution in [3.63, 3.8) is 0 Å². The predicted octanol–water partition coefficient (Wildman–Crippen LogP) is 5.04. The maximum atomic E-state index is 13.3. The molecule has 0 bridgehead atoms. The molecule has 2 aromatic rings. The first-order valence-corrected chi connectivity index (χ1v) is 13.5. The van der Waals surface area contributed by atoms with Gasteiger partial charge in [-0.3, -0.25) is 4.79 Å². The fraction of sp³-hybridized carbons (Fsp3) is 0.345. The van der Waals surface area contributed by atoms with Crippen LogP contribution < -0.4 is 5.32 Å². The number of nitrogens with one attached hydrogen (secondary N) is 1. The molecular formula is C29H31N3O4S. The molecule has 2 heterocycles. The summed E-state index contributed by atoms with van der Waals surface area (Å²) in [7, 11) is 1.57. The number of carbonyl (C=O) groups is 2. The second-order valence-corrected chi connectivity index (χ2v) is 10.2. The number of allylic oxidation sites excluding steroid dienone is 1. The number of esters is 1. The summed E-state index contributed by atoms with van der Waals surface area (Å²) in [5, 5.41) is 5.98. The van der Waals surface area contributed by atoms with Gasteiger partial charge in [-0.05, 0) is 48.3 Å². The second kappa shape index (κ2) is 11.4. The normalized spacial score (nSPS) is 20.5. The molecule has 2 atom stereocenters. The summed E-state index contributed by atoms with van der Waals surface area (Å²) in [6.45, 7) is 2.31. The summed E-state index contributed by atoms with van der Waals surface area (Å²) in [6, 6.07) is 17.7. The zero-order chi connectivity index (χ0) is 25.8. The van der Waals surface area contributed by atoms with Crippen LogP contribution in [0.5, 0.6) is 0 Å². The predicted molar refractivity (Wildman–Crippen MR) is 145 cm³/mol. The third-order valence-corrected chi connectivity index (χ3v) is 7.79. The lowest BCUT2D eigenvalue weighted by Gasteiger charge is -2.36. The zero-order valence-corrected chi connectivity index (χ0v) is 21.9. The molecule has 0 fully saturated rings. The van der Waals surface area contributed by atoms with E-state index in [2.05, 4.69) is 23.5 Å². The number of nitrogens with zero attached hydrogens (tertiary/aromatic N) is 2. The first-order chi connectivity index (χ1) is 18.1. The number of thioether (sulfide) groups is 1. The van der Waals surface area contributed by atoms with Gasteiger partial charge in [0, 0.05) is 12.8 Å². The van der Waals surface area contributed by atoms with Gasteiger partial charge in [0.25, 0.3) is 0 Å². The molecule has 0 spiro atoms. The minimum Gasteiger partial charge on any atom is -0.460 e. The fourth-order valence-electron chi connectivity index (χ4n) is 5.19. The average molecular weight is 518 g/mol. The number of hydrogen-bond acceptors (Lipinski definition) is 7. The quantitative estimate of drug-likeness (QED) is 0.391. The Morgan fingerprint density at radius 3 is 2.70 bits per heavy atom. The minimum absolute atomic E-state index is 0.0139. The maximum Gasteiger partial charge on any atom is 0.338 e. The van der Waals surface area contributed by atoms with E-state index in [4.69, 9.17) is 14.5 Å². The largest absolute Gasteiger partial charge is 0.460 e. The Morgan fingerprint density at radius 2 is 1.89 bits per heavy atom. The first kappa shape index (κ1) is 25.3. The van der Waals surface area contributed by atoms with Gasteiger partial charge in [-0.2, -0.15) is 0 Å². The van der Waals surface area contributed by atoms with Gasteiger partial charge in [0.1, 0.15) is 6.61 Å². The molecule has 2 aromatic carbocycles. The van der Waals surface area contributed by atoms with Crippen molar-refractivity contribution in [3.8, 4) is 0 Å². The molecule has 0 saturated heterocycles. The number of aliphatic imine (C=N–C) groups is 1. The van der Waals surface area contributed by atoms with Gasteiger partial charge in [-0.25, -0.2) is 9.79 Å². The lowest BCUT2D eigenvalue weighted by Crippen LogP contribution is -2.38. The molecular weight excluding hydrogens is 486 g/mol. The molecule has 1 aliphatic carbocycles. The van der Waals surface area contributed by atoms with E-state index in [1.807, 2.05) is 53.6 Å². The van der Waals surface area contributed by atoms with Gasteiger partial charge in [0.05, 0.1) is 36.4 Å². The number of methoxy groups -OCH3 is 1. The first-order valence-electron chi connectivity index (χ1n) is 12.6. The molecule has 3 aliphatic rings. The van der Waals surface area contributed by atoms with Gasteiger partial charge in [0.2, 0.25) is 5.91 Å². The van der Waals surface area contributed by atoms with Gasteiger partial charge in [-0.1, -0.05) is 66.4 Å². The summed E-state index contributed by atoms with van der Waals surface area (Å²) in [6.07, 6.45) is 3.22. The third kappa shape index (κ3) is 5.36. The van der Waals surface area contributed by atoms with Crippen LogP contribution in [-0.2, 0) is 25.5 Å². The number of benzene rings is 2. The van der Waals surface area contributed by atoms with Crippen LogP contribution in [0.25, 0.3) is 0 Å². The van der Waals surface area contributed by atoms with E-state index in [-0.39, 0.29) is 25.0 Å². The summed E-state index contributed by atoms with van der Waals surface area (Å²) in [5.41, 5.74) is 5.35. The number of ether oxygens (including phenoxy) is 2. The molecule has 2 unspecified atom stereocenters. The Kier molecular flexibility index (Phi) is 7.76. The van der Waals surface area contributed by atoms with Gasteiger partial charge < -0.3 is 19.7 Å². The molecule has 5 rings (SSSR count). The number of amidine groups is 1. The summed E-state index contributed by atoms with van der Waals surface area (Å²) < 4.78 is 10.6. The van der Waals surface area contributed by atoms with Crippen LogP contribution in [0.3, 0.4) is 0 Å². The number of hydrogen-bond donors (Lipinski definition) is 1. The Morgan fingerprint density at radius 1 is 1.11 bits per heavy atom. The molecule has 2 aliphatic heterocycles. The molecule has 1 amide bonds. The second-order valence-electron chi connectivity index (χ2n) is 9.32. The topological polar surface area (TPSA) is 80.2 Å². The number of aryl methyl sites for hydroxylation is 1. The fourth-order valence-corrected chi connectivity index (χ4v) is 6.15. The van der Waals surface area contributed by atoms with Crippen LogP contribution in [0.2, 0.25) is 0 Å². The molecule has 192 valence electrons. The van der Waals surface area contributed by atoms with E-state index in [0.717, 1.165) is 35.7 Å². The van der Waals surface area contributed by atoms with Crippen LogP contribution in [0.1, 0.15) is 55.0 Å². The highest BCUT2D eigenvalue weighted by Gasteiger charge is 2.41. The van der Waals surface area contributed by atoms with E-state index in [0.29, 0.717) is 17.9 Å². The Balaban J connectivity index is 1.39. The van der Waals surface area contributed by atoms with E-state index in [1.165, 1.54) is 22.9 Å². The van der Waals surface area contributed by atoms with Crippen LogP contribution in [0.15, 0.2) is 82.0 Å². The minimum atomic E-state index is -0.437. The highest BCUT2D eigenvalue weighted by atomic mass is 32.2. The third-order valence-electron chi connectivity index (χ3n) is 6.90. The SMILES string of the molecule is COCCOC(=O)C1=C(C)N=C2SC=C(CC(=O)NC3CCCc4ccccc43)N2C1c1ccccc1. The van der Waals surface area contributed by atoms with Crippen molar-refractivity contribution in [2.75, 3.05) is 20.3 Å². The number of carbonyl (C=O) groups excluding carboxylic acids is 2. The number of amides is 1. The molecule has 0 saturated carbocycles. The van der Waals surface area contributed by atoms with E-state index in [9.17, 15) is 9.59 Å². The Bertz CT molecular complexity index is 1270. The summed E-state index contributed by atoms with van der Waals surface area (Å²) in [5.74, 6) is -0.470. The van der Waals surface area contributed by atoms with E-state index >= 15 is 0 Å². The average Bonchev–Trinajstić information content (AvgIpc) is 3.30. The van der Waals surface area contributed by atoms with Crippen molar-refractivity contribution in [3.05, 3.63) is 93.7 Å². The van der Waals surface area contributed by atoms with Crippen LogP contribution >= 0.6 is 11.8 Å². The maximum absolute atomic E-state index is 13.3. The lowest BCUT2D eigenvalue weighted by molar-refractivity contribution is -0.141. The molecule has 0 radical (unpaired) electrons.